The Bertz CT molecular complexity index is 546. The maximum atomic E-state index is 10.7. The van der Waals surface area contributed by atoms with Crippen molar-refractivity contribution in [3.05, 3.63) is 28.2 Å². The highest BCUT2D eigenvalue weighted by Crippen LogP contribution is 2.39. The number of benzene rings is 1. The van der Waals surface area contributed by atoms with Crippen LogP contribution in [0.1, 0.15) is 5.56 Å². The van der Waals surface area contributed by atoms with Crippen molar-refractivity contribution in [1.29, 1.82) is 5.26 Å². The summed E-state index contributed by atoms with van der Waals surface area (Å²) < 4.78 is 10.8. The average molecular weight is 312 g/mol. The monoisotopic (exact) mass is 311 g/mol. The minimum Gasteiger partial charge on any atom is -0.493 e. The molecule has 0 aliphatic carbocycles. The molecule has 0 aliphatic heterocycles. The molecule has 1 N–H and O–H groups in total. The number of hydrogen-bond acceptors (Lipinski definition) is 4. The number of aliphatic carboxylic acids is 1. The number of ether oxygens (including phenoxy) is 2. The maximum Gasteiger partial charge on any atom is 0.329 e. The topological polar surface area (TPSA) is 79.5 Å². The van der Waals surface area contributed by atoms with Crippen LogP contribution >= 0.6 is 15.9 Å². The number of hydrogen-bond donors (Lipinski definition) is 1. The Morgan fingerprint density at radius 3 is 2.56 bits per heavy atom. The van der Waals surface area contributed by atoms with Crippen molar-refractivity contribution in [3.63, 3.8) is 0 Å². The Labute approximate surface area is 112 Å². The predicted molar refractivity (Wildman–Crippen MR) is 68.5 cm³/mol. The summed E-state index contributed by atoms with van der Waals surface area (Å²) in [6, 6.07) is 5.14. The third kappa shape index (κ3) is 2.81. The molecule has 0 spiro atoms. The zero-order valence-electron chi connectivity index (χ0n) is 9.73. The highest BCUT2D eigenvalue weighted by molar-refractivity contribution is 9.10. The molecule has 0 aromatic heterocycles. The van der Waals surface area contributed by atoms with Crippen LogP contribution in [0, 0.1) is 11.3 Å². The number of carboxylic acids is 1. The smallest absolute Gasteiger partial charge is 0.329 e. The first kappa shape index (κ1) is 14.1. The Morgan fingerprint density at radius 1 is 1.44 bits per heavy atom. The molecule has 1 rings (SSSR count). The summed E-state index contributed by atoms with van der Waals surface area (Å²) in [6.45, 7) is 0. The van der Waals surface area contributed by atoms with Gasteiger partial charge >= 0.3 is 5.97 Å². The molecule has 0 atom stereocenters. The summed E-state index contributed by atoms with van der Waals surface area (Å²) in [6.07, 6.45) is 0.821. The molecule has 0 heterocycles. The molecular formula is C12H10BrNO4. The van der Waals surface area contributed by atoms with Gasteiger partial charge in [-0.1, -0.05) is 0 Å². The van der Waals surface area contributed by atoms with Crippen LogP contribution in [-0.4, -0.2) is 25.3 Å². The first-order chi connectivity index (χ1) is 8.54. The second-order valence-corrected chi connectivity index (χ2v) is 4.02. The van der Waals surface area contributed by atoms with E-state index in [9.17, 15) is 4.79 Å². The van der Waals surface area contributed by atoms with Gasteiger partial charge in [-0.3, -0.25) is 0 Å². The van der Waals surface area contributed by atoms with Crippen LogP contribution in [0.25, 0.3) is 5.57 Å². The summed E-state index contributed by atoms with van der Waals surface area (Å²) in [7, 11) is 2.88. The quantitative estimate of drug-likeness (QED) is 0.682. The van der Waals surface area contributed by atoms with Crippen molar-refractivity contribution in [1.82, 2.24) is 0 Å². The van der Waals surface area contributed by atoms with Gasteiger partial charge in [0.05, 0.1) is 25.4 Å². The van der Waals surface area contributed by atoms with Crippen LogP contribution in [0.4, 0.5) is 0 Å². The number of rotatable bonds is 4. The van der Waals surface area contributed by atoms with E-state index in [1.807, 2.05) is 6.07 Å². The summed E-state index contributed by atoms with van der Waals surface area (Å²) in [5.74, 6) is -0.480. The van der Waals surface area contributed by atoms with Gasteiger partial charge in [0, 0.05) is 10.5 Å². The summed E-state index contributed by atoms with van der Waals surface area (Å²) in [4.78, 5) is 10.7. The standard InChI is InChI=1S/C12H10BrNO4/c1-17-9-4-3-8(13)11(12(9)18-2)7(6-14)5-10(15)16/h3-5H,1-2H3,(H,15,16). The van der Waals surface area contributed by atoms with Crippen molar-refractivity contribution in [2.24, 2.45) is 0 Å². The molecule has 6 heteroatoms. The number of halogens is 1. The zero-order chi connectivity index (χ0) is 13.7. The first-order valence-corrected chi connectivity index (χ1v) is 5.60. The van der Waals surface area contributed by atoms with E-state index in [0.717, 1.165) is 6.08 Å². The molecule has 0 saturated carbocycles. The number of carboxylic acid groups (broad SMARTS) is 1. The Balaban J connectivity index is 3.56. The van der Waals surface area contributed by atoms with Gasteiger partial charge in [-0.05, 0) is 28.1 Å². The Kier molecular flexibility index (Phi) is 4.75. The zero-order valence-corrected chi connectivity index (χ0v) is 11.3. The largest absolute Gasteiger partial charge is 0.493 e. The van der Waals surface area contributed by atoms with Gasteiger partial charge in [0.15, 0.2) is 11.5 Å². The van der Waals surface area contributed by atoms with E-state index in [4.69, 9.17) is 19.8 Å². The summed E-state index contributed by atoms with van der Waals surface area (Å²) in [5, 5.41) is 17.8. The lowest BCUT2D eigenvalue weighted by molar-refractivity contribution is -0.131. The van der Waals surface area contributed by atoms with Crippen LogP contribution in [-0.2, 0) is 4.79 Å². The lowest BCUT2D eigenvalue weighted by Crippen LogP contribution is -1.98. The fourth-order valence-electron chi connectivity index (χ4n) is 1.44. The number of allylic oxidation sites excluding steroid dienone is 1. The molecule has 0 amide bonds. The van der Waals surface area contributed by atoms with Crippen LogP contribution in [0.2, 0.25) is 0 Å². The lowest BCUT2D eigenvalue weighted by Gasteiger charge is -2.13. The van der Waals surface area contributed by atoms with E-state index in [2.05, 4.69) is 15.9 Å². The molecule has 18 heavy (non-hydrogen) atoms. The second-order valence-electron chi connectivity index (χ2n) is 3.17. The van der Waals surface area contributed by atoms with E-state index in [-0.39, 0.29) is 5.57 Å². The molecule has 0 saturated heterocycles. The van der Waals surface area contributed by atoms with Gasteiger partial charge in [-0.15, -0.1) is 0 Å². The molecule has 0 unspecified atom stereocenters. The molecule has 94 valence electrons. The fourth-order valence-corrected chi connectivity index (χ4v) is 1.96. The van der Waals surface area contributed by atoms with Crippen molar-refractivity contribution in [3.8, 4) is 17.6 Å². The predicted octanol–water partition coefficient (Wildman–Crippen LogP) is 2.46. The van der Waals surface area contributed by atoms with E-state index < -0.39 is 5.97 Å². The number of nitriles is 1. The Hall–Kier alpha value is -2.00. The molecule has 0 fully saturated rings. The third-order valence-corrected chi connectivity index (χ3v) is 2.81. The number of methoxy groups -OCH3 is 2. The number of carbonyl (C=O) groups is 1. The van der Waals surface area contributed by atoms with E-state index >= 15 is 0 Å². The highest BCUT2D eigenvalue weighted by Gasteiger charge is 2.18. The SMILES string of the molecule is COc1ccc(Br)c(C(C#N)=CC(=O)O)c1OC. The van der Waals surface area contributed by atoms with Gasteiger partial charge in [-0.2, -0.15) is 5.26 Å². The summed E-state index contributed by atoms with van der Waals surface area (Å²) >= 11 is 3.26. The lowest BCUT2D eigenvalue weighted by atomic mass is 10.0. The van der Waals surface area contributed by atoms with Gasteiger partial charge in [-0.25, -0.2) is 4.79 Å². The molecule has 1 aromatic carbocycles. The first-order valence-electron chi connectivity index (χ1n) is 4.80. The van der Waals surface area contributed by atoms with Crippen molar-refractivity contribution in [2.75, 3.05) is 14.2 Å². The Morgan fingerprint density at radius 2 is 2.11 bits per heavy atom. The van der Waals surface area contributed by atoms with Gasteiger partial charge < -0.3 is 14.6 Å². The van der Waals surface area contributed by atoms with E-state index in [0.29, 0.717) is 21.5 Å². The maximum absolute atomic E-state index is 10.7. The minimum absolute atomic E-state index is 0.0230. The van der Waals surface area contributed by atoms with Crippen molar-refractivity contribution >= 4 is 27.5 Å². The van der Waals surface area contributed by atoms with E-state index in [1.165, 1.54) is 14.2 Å². The van der Waals surface area contributed by atoms with Gasteiger partial charge in [0.1, 0.15) is 6.07 Å². The second kappa shape index (κ2) is 6.07. The van der Waals surface area contributed by atoms with Crippen LogP contribution in [0.5, 0.6) is 11.5 Å². The molecule has 0 aliphatic rings. The fraction of sp³-hybridized carbons (Fsp3) is 0.167. The molecule has 0 bridgehead atoms. The van der Waals surface area contributed by atoms with Crippen LogP contribution < -0.4 is 9.47 Å². The highest BCUT2D eigenvalue weighted by atomic mass is 79.9. The molecule has 5 nitrogen and oxygen atoms in total. The molecular weight excluding hydrogens is 302 g/mol. The van der Waals surface area contributed by atoms with Crippen molar-refractivity contribution in [2.45, 2.75) is 0 Å². The summed E-state index contributed by atoms with van der Waals surface area (Å²) in [5.41, 5.74) is 0.326. The normalized spacial score (nSPS) is 10.7. The van der Waals surface area contributed by atoms with Crippen molar-refractivity contribution < 1.29 is 19.4 Å². The average Bonchev–Trinajstić information content (AvgIpc) is 2.35. The van der Waals surface area contributed by atoms with E-state index in [1.54, 1.807) is 12.1 Å². The molecule has 1 aromatic rings. The third-order valence-electron chi connectivity index (χ3n) is 2.15. The van der Waals surface area contributed by atoms with Gasteiger partial charge in [0.2, 0.25) is 0 Å². The number of nitrogens with zero attached hydrogens (tertiary/aromatic N) is 1. The molecule has 0 radical (unpaired) electrons. The van der Waals surface area contributed by atoms with Crippen LogP contribution in [0.15, 0.2) is 22.7 Å². The van der Waals surface area contributed by atoms with Gasteiger partial charge in [0.25, 0.3) is 0 Å². The minimum atomic E-state index is -1.21. The van der Waals surface area contributed by atoms with Crippen LogP contribution in [0.3, 0.4) is 0 Å².